The van der Waals surface area contributed by atoms with Crippen LogP contribution in [0.3, 0.4) is 0 Å². The number of nitrogens with zero attached hydrogens (tertiary/aromatic N) is 1. The number of carbonyl (C=O) groups is 1. The number of aliphatic hydroxyl groups excluding tert-OH is 2. The van der Waals surface area contributed by atoms with Crippen LogP contribution in [0.5, 0.6) is 0 Å². The van der Waals surface area contributed by atoms with Gasteiger partial charge in [0.1, 0.15) is 29.5 Å². The summed E-state index contributed by atoms with van der Waals surface area (Å²) < 4.78 is 30.5. The first-order chi connectivity index (χ1) is 20.6. The summed E-state index contributed by atoms with van der Waals surface area (Å²) in [5.41, 5.74) is -4.81. The molecule has 43 heavy (non-hydrogen) atoms. The average Bonchev–Trinajstić information content (AvgIpc) is 3.39. The Kier molecular flexibility index (Phi) is 6.92. The fraction of sp³-hybridized carbons (Fsp3) is 0.781. The molecule has 0 amide bonds. The van der Waals surface area contributed by atoms with Gasteiger partial charge in [0.25, 0.3) is 0 Å². The highest BCUT2D eigenvalue weighted by Crippen LogP contribution is 2.80. The molecule has 1 spiro atoms. The van der Waals surface area contributed by atoms with Gasteiger partial charge in [0.05, 0.1) is 30.5 Å². The third kappa shape index (κ3) is 3.28. The standard InChI is InChI=1S/C32H45NO10/c1-6-33-14-29(15-39-2)18(34)12-19(40-3)31-17-13-30(37)26(43-28(36)16-10-8-7-9-11-16)20(17)32(38,25(35)27(30)42-5)21(24(31)33)22(41-4)23(29)31/h7-11,17-27,34-35,37-38H,6,12-15H2,1-5H3/t17-,18-,19+,20-,21?,22+,23+,24?,25+,26-,27+,29+,30-,31?,32-/m1/s1. The predicted molar refractivity (Wildman–Crippen MR) is 151 cm³/mol. The molecule has 11 heteroatoms. The monoisotopic (exact) mass is 603 g/mol. The molecule has 1 aliphatic heterocycles. The Morgan fingerprint density at radius 2 is 1.72 bits per heavy atom. The third-order valence-electron chi connectivity index (χ3n) is 12.9. The van der Waals surface area contributed by atoms with E-state index in [1.54, 1.807) is 51.7 Å². The van der Waals surface area contributed by atoms with E-state index in [4.69, 9.17) is 23.7 Å². The summed E-state index contributed by atoms with van der Waals surface area (Å²) in [5, 5.41) is 49.7. The van der Waals surface area contributed by atoms with E-state index in [9.17, 15) is 25.2 Å². The zero-order valence-electron chi connectivity index (χ0n) is 25.5. The number of ether oxygens (including phenoxy) is 5. The number of carbonyl (C=O) groups excluding carboxylic acids is 1. The van der Waals surface area contributed by atoms with Crippen molar-refractivity contribution in [1.82, 2.24) is 4.90 Å². The van der Waals surface area contributed by atoms with Crippen LogP contribution < -0.4 is 0 Å². The fourth-order valence-corrected chi connectivity index (χ4v) is 11.9. The molecule has 0 radical (unpaired) electrons. The molecule has 5 saturated carbocycles. The van der Waals surface area contributed by atoms with Crippen molar-refractivity contribution in [3.05, 3.63) is 35.9 Å². The van der Waals surface area contributed by atoms with Gasteiger partial charge in [-0.2, -0.15) is 0 Å². The van der Waals surface area contributed by atoms with E-state index < -0.39 is 82.4 Å². The Bertz CT molecular complexity index is 1250. The molecule has 5 aliphatic carbocycles. The van der Waals surface area contributed by atoms with Gasteiger partial charge in [0.2, 0.25) is 0 Å². The predicted octanol–water partition coefficient (Wildman–Crippen LogP) is 0.0773. The first-order valence-electron chi connectivity index (χ1n) is 15.5. The van der Waals surface area contributed by atoms with Gasteiger partial charge in [0, 0.05) is 76.0 Å². The lowest BCUT2D eigenvalue weighted by molar-refractivity contribution is -0.320. The van der Waals surface area contributed by atoms with Crippen LogP contribution in [0.1, 0.15) is 30.1 Å². The normalized spacial score (nSPS) is 52.7. The van der Waals surface area contributed by atoms with Crippen LogP contribution in [0.25, 0.3) is 0 Å². The second-order valence-corrected chi connectivity index (χ2v) is 13.9. The molecule has 7 rings (SSSR count). The molecule has 6 fully saturated rings. The lowest BCUT2D eigenvalue weighted by atomic mass is 9.42. The summed E-state index contributed by atoms with van der Waals surface area (Å²) in [6.45, 7) is 3.46. The van der Waals surface area contributed by atoms with E-state index in [0.717, 1.165) is 0 Å². The summed E-state index contributed by atoms with van der Waals surface area (Å²) in [5.74, 6) is -2.94. The first-order valence-corrected chi connectivity index (χ1v) is 15.5. The second kappa shape index (κ2) is 9.91. The highest BCUT2D eigenvalue weighted by Gasteiger charge is 2.91. The Hall–Kier alpha value is -1.67. The maximum atomic E-state index is 13.6. The van der Waals surface area contributed by atoms with E-state index in [-0.39, 0.29) is 25.0 Å². The first kappa shape index (κ1) is 30.0. The molecular weight excluding hydrogens is 558 g/mol. The molecule has 15 atom stereocenters. The van der Waals surface area contributed by atoms with Gasteiger partial charge in [-0.3, -0.25) is 4.90 Å². The smallest absolute Gasteiger partial charge is 0.338 e. The number of aliphatic hydroxyl groups is 4. The fourth-order valence-electron chi connectivity index (χ4n) is 11.9. The molecule has 1 heterocycles. The number of esters is 1. The van der Waals surface area contributed by atoms with Crippen LogP contribution in [0, 0.1) is 34.5 Å². The highest BCUT2D eigenvalue weighted by molar-refractivity contribution is 5.89. The van der Waals surface area contributed by atoms with Crippen molar-refractivity contribution < 1.29 is 48.9 Å². The molecule has 3 unspecified atom stereocenters. The van der Waals surface area contributed by atoms with Gasteiger partial charge in [0.15, 0.2) is 0 Å². The number of fused-ring (bicyclic) bond motifs is 2. The van der Waals surface area contributed by atoms with E-state index in [1.165, 1.54) is 7.11 Å². The minimum absolute atomic E-state index is 0.106. The Balaban J connectivity index is 1.48. The minimum Gasteiger partial charge on any atom is -0.455 e. The Morgan fingerprint density at radius 3 is 2.33 bits per heavy atom. The molecule has 1 aromatic carbocycles. The maximum absolute atomic E-state index is 13.6. The van der Waals surface area contributed by atoms with Crippen LogP contribution >= 0.6 is 0 Å². The number of likely N-dealkylation sites (tertiary alicyclic amines) is 1. The molecule has 0 aromatic heterocycles. The average molecular weight is 604 g/mol. The van der Waals surface area contributed by atoms with Crippen molar-refractivity contribution in [3.8, 4) is 0 Å². The number of hydrogen-bond acceptors (Lipinski definition) is 11. The zero-order valence-corrected chi connectivity index (χ0v) is 25.5. The summed E-state index contributed by atoms with van der Waals surface area (Å²) in [6.07, 6.45) is -5.27. The van der Waals surface area contributed by atoms with Crippen molar-refractivity contribution in [3.63, 3.8) is 0 Å². The van der Waals surface area contributed by atoms with Gasteiger partial charge < -0.3 is 44.1 Å². The number of piperidine rings is 1. The van der Waals surface area contributed by atoms with Crippen LogP contribution in [-0.4, -0.2) is 133 Å². The maximum Gasteiger partial charge on any atom is 0.338 e. The van der Waals surface area contributed by atoms with Crippen molar-refractivity contribution in [1.29, 1.82) is 0 Å². The third-order valence-corrected chi connectivity index (χ3v) is 12.9. The molecule has 7 bridgehead atoms. The van der Waals surface area contributed by atoms with Crippen molar-refractivity contribution in [2.24, 2.45) is 34.5 Å². The molecular formula is C32H45NO10. The number of benzene rings is 1. The summed E-state index contributed by atoms with van der Waals surface area (Å²) in [7, 11) is 6.29. The quantitative estimate of drug-likeness (QED) is 0.300. The van der Waals surface area contributed by atoms with Gasteiger partial charge in [-0.05, 0) is 31.0 Å². The minimum atomic E-state index is -1.86. The van der Waals surface area contributed by atoms with Crippen LogP contribution in [0.15, 0.2) is 30.3 Å². The topological polar surface area (TPSA) is 147 Å². The van der Waals surface area contributed by atoms with Gasteiger partial charge >= 0.3 is 5.97 Å². The molecule has 6 aliphatic rings. The van der Waals surface area contributed by atoms with Crippen LogP contribution in [0.4, 0.5) is 0 Å². The van der Waals surface area contributed by atoms with Gasteiger partial charge in [-0.25, -0.2) is 4.79 Å². The second-order valence-electron chi connectivity index (χ2n) is 13.9. The van der Waals surface area contributed by atoms with Gasteiger partial charge in [-0.1, -0.05) is 25.1 Å². The molecule has 238 valence electrons. The summed E-state index contributed by atoms with van der Waals surface area (Å²) >= 11 is 0. The molecule has 4 N–H and O–H groups in total. The number of hydrogen-bond donors (Lipinski definition) is 4. The van der Waals surface area contributed by atoms with Crippen LogP contribution in [-0.2, 0) is 23.7 Å². The van der Waals surface area contributed by atoms with E-state index in [2.05, 4.69) is 11.8 Å². The number of rotatable bonds is 8. The van der Waals surface area contributed by atoms with E-state index >= 15 is 0 Å². The lowest BCUT2D eigenvalue weighted by Crippen LogP contribution is -2.81. The van der Waals surface area contributed by atoms with Gasteiger partial charge in [-0.15, -0.1) is 0 Å². The molecule has 11 nitrogen and oxygen atoms in total. The number of methoxy groups -OCH3 is 4. The summed E-state index contributed by atoms with van der Waals surface area (Å²) in [4.78, 5) is 15.8. The largest absolute Gasteiger partial charge is 0.455 e. The zero-order chi connectivity index (χ0) is 30.7. The summed E-state index contributed by atoms with van der Waals surface area (Å²) in [6, 6.07) is 8.25. The van der Waals surface area contributed by atoms with Crippen LogP contribution in [0.2, 0.25) is 0 Å². The SMILES string of the molecule is CCN1C[C@]2(COC)[C@H](O)C[C@H](OC)C34C1C([C@H](OC)[C@H]32)[C@]1(O)[C@@H]2[C@H]4C[C@@](O)([C@@H]2OC(=O)c2ccccc2)[C@@H](OC)[C@@H]1O. The highest BCUT2D eigenvalue weighted by atomic mass is 16.6. The lowest BCUT2D eigenvalue weighted by Gasteiger charge is -2.70. The molecule has 1 saturated heterocycles. The van der Waals surface area contributed by atoms with Crippen molar-refractivity contribution in [2.45, 2.75) is 73.6 Å². The van der Waals surface area contributed by atoms with Crippen molar-refractivity contribution in [2.75, 3.05) is 48.1 Å². The van der Waals surface area contributed by atoms with Crippen molar-refractivity contribution >= 4 is 5.97 Å². The Morgan fingerprint density at radius 1 is 1.00 bits per heavy atom. The molecule has 1 aromatic rings. The van der Waals surface area contributed by atoms with E-state index in [1.807, 2.05) is 0 Å². The van der Waals surface area contributed by atoms with E-state index in [0.29, 0.717) is 25.1 Å². The Labute approximate surface area is 252 Å².